The second kappa shape index (κ2) is 2.31. The summed E-state index contributed by atoms with van der Waals surface area (Å²) in [5, 5.41) is 0. The molecule has 0 aromatic rings. The molecular weight excluding hydrogens is 226 g/mol. The fraction of sp³-hybridized carbons (Fsp3) is 1.00. The van der Waals surface area contributed by atoms with E-state index < -0.39 is 29.7 Å². The maximum atomic E-state index is 12.3. The van der Waals surface area contributed by atoms with Gasteiger partial charge in [-0.3, -0.25) is 0 Å². The largest absolute Gasteiger partial charge is 0.380 e. The molecule has 0 heterocycles. The molecule has 1 nitrogen and oxygen atoms in total. The molecule has 14 heavy (non-hydrogen) atoms. The number of hydrogen-bond acceptors (Lipinski definition) is 1. The van der Waals surface area contributed by atoms with Crippen molar-refractivity contribution >= 4 is 0 Å². The van der Waals surface area contributed by atoms with E-state index in [0.717, 1.165) is 0 Å². The Morgan fingerprint density at radius 2 is 0.857 bits per heavy atom. The van der Waals surface area contributed by atoms with Gasteiger partial charge in [0.2, 0.25) is 0 Å². The molecule has 1 aliphatic rings. The highest BCUT2D eigenvalue weighted by atomic mass is 19.4. The molecule has 0 aromatic carbocycles. The first kappa shape index (κ1) is 11.5. The molecule has 0 atom stereocenters. The topological polar surface area (TPSA) is 26.0 Å². The lowest BCUT2D eigenvalue weighted by Gasteiger charge is -2.23. The SMILES string of the molecule is NC1C(F)(F)C(F)(F)C(F)(F)C1(F)F. The van der Waals surface area contributed by atoms with Gasteiger partial charge in [-0.15, -0.1) is 0 Å². The molecule has 1 fully saturated rings. The van der Waals surface area contributed by atoms with Gasteiger partial charge in [0.1, 0.15) is 6.04 Å². The number of alkyl halides is 8. The normalized spacial score (nSPS) is 33.2. The van der Waals surface area contributed by atoms with Crippen molar-refractivity contribution in [1.29, 1.82) is 0 Å². The number of hydrogen-bond donors (Lipinski definition) is 1. The Morgan fingerprint density at radius 3 is 0.929 bits per heavy atom. The first-order valence-electron chi connectivity index (χ1n) is 3.17. The lowest BCUT2D eigenvalue weighted by molar-refractivity contribution is -0.303. The average molecular weight is 229 g/mol. The minimum Gasteiger partial charge on any atom is -0.317 e. The van der Waals surface area contributed by atoms with Gasteiger partial charge in [0.15, 0.2) is 0 Å². The van der Waals surface area contributed by atoms with E-state index in [0.29, 0.717) is 0 Å². The molecule has 0 amide bonds. The lowest BCUT2D eigenvalue weighted by atomic mass is 10.2. The summed E-state index contributed by atoms with van der Waals surface area (Å²) < 4.78 is 97.8. The van der Waals surface area contributed by atoms with Gasteiger partial charge in [-0.25, -0.2) is 0 Å². The molecule has 0 saturated heterocycles. The third kappa shape index (κ3) is 0.836. The molecule has 9 heteroatoms. The fourth-order valence-corrected chi connectivity index (χ4v) is 1.04. The molecule has 0 bridgehead atoms. The molecule has 0 aromatic heterocycles. The van der Waals surface area contributed by atoms with Crippen LogP contribution < -0.4 is 5.73 Å². The van der Waals surface area contributed by atoms with Gasteiger partial charge < -0.3 is 5.73 Å². The smallest absolute Gasteiger partial charge is 0.317 e. The molecule has 84 valence electrons. The van der Waals surface area contributed by atoms with Crippen molar-refractivity contribution in [3.05, 3.63) is 0 Å². The van der Waals surface area contributed by atoms with Crippen LogP contribution in [0.5, 0.6) is 0 Å². The summed E-state index contributed by atoms with van der Waals surface area (Å²) in [4.78, 5) is 0. The highest BCUT2D eigenvalue weighted by molar-refractivity contribution is 5.20. The van der Waals surface area contributed by atoms with E-state index in [1.165, 1.54) is 0 Å². The summed E-state index contributed by atoms with van der Waals surface area (Å²) in [6.07, 6.45) is 0. The van der Waals surface area contributed by atoms with Crippen molar-refractivity contribution in [2.45, 2.75) is 29.7 Å². The van der Waals surface area contributed by atoms with Gasteiger partial charge in [-0.2, -0.15) is 35.1 Å². The summed E-state index contributed by atoms with van der Waals surface area (Å²) in [5.74, 6) is -23.6. The van der Waals surface area contributed by atoms with Gasteiger partial charge >= 0.3 is 23.7 Å². The monoisotopic (exact) mass is 229 g/mol. The highest BCUT2D eigenvalue weighted by Gasteiger charge is 2.92. The van der Waals surface area contributed by atoms with E-state index in [-0.39, 0.29) is 0 Å². The van der Waals surface area contributed by atoms with Crippen molar-refractivity contribution in [1.82, 2.24) is 0 Å². The van der Waals surface area contributed by atoms with Gasteiger partial charge in [0, 0.05) is 0 Å². The summed E-state index contributed by atoms with van der Waals surface area (Å²) in [5.41, 5.74) is 3.98. The zero-order valence-corrected chi connectivity index (χ0v) is 6.18. The maximum Gasteiger partial charge on any atom is 0.380 e. The van der Waals surface area contributed by atoms with Crippen LogP contribution in [0.4, 0.5) is 35.1 Å². The fourth-order valence-electron chi connectivity index (χ4n) is 1.04. The van der Waals surface area contributed by atoms with Crippen LogP contribution in [-0.2, 0) is 0 Å². The Labute approximate surface area is 71.9 Å². The number of halogens is 8. The third-order valence-electron chi connectivity index (χ3n) is 2.01. The Kier molecular flexibility index (Phi) is 1.90. The molecule has 1 rings (SSSR count). The zero-order chi connectivity index (χ0) is 11.6. The van der Waals surface area contributed by atoms with E-state index in [1.807, 2.05) is 0 Å². The maximum absolute atomic E-state index is 12.3. The lowest BCUT2D eigenvalue weighted by Crippen LogP contribution is -2.51. The number of nitrogens with two attached hydrogens (primary N) is 1. The Morgan fingerprint density at radius 1 is 0.643 bits per heavy atom. The van der Waals surface area contributed by atoms with Crippen LogP contribution in [-0.4, -0.2) is 29.7 Å². The molecule has 2 N–H and O–H groups in total. The van der Waals surface area contributed by atoms with E-state index in [9.17, 15) is 35.1 Å². The first-order valence-corrected chi connectivity index (χ1v) is 3.17. The van der Waals surface area contributed by atoms with Crippen LogP contribution in [0, 0.1) is 0 Å². The zero-order valence-electron chi connectivity index (χ0n) is 6.18. The van der Waals surface area contributed by atoms with Gasteiger partial charge in [0.25, 0.3) is 0 Å². The van der Waals surface area contributed by atoms with Crippen LogP contribution in [0.1, 0.15) is 0 Å². The summed E-state index contributed by atoms with van der Waals surface area (Å²) >= 11 is 0. The summed E-state index contributed by atoms with van der Waals surface area (Å²) in [6, 6.07) is -3.90. The predicted molar refractivity (Wildman–Crippen MR) is 27.8 cm³/mol. The second-order valence-corrected chi connectivity index (χ2v) is 2.87. The van der Waals surface area contributed by atoms with Gasteiger partial charge in [-0.1, -0.05) is 0 Å². The van der Waals surface area contributed by atoms with E-state index >= 15 is 0 Å². The molecule has 0 radical (unpaired) electrons. The average Bonchev–Trinajstić information content (AvgIpc) is 2.05. The van der Waals surface area contributed by atoms with Crippen LogP contribution in [0.2, 0.25) is 0 Å². The van der Waals surface area contributed by atoms with Crippen LogP contribution in [0.15, 0.2) is 0 Å². The van der Waals surface area contributed by atoms with Crippen molar-refractivity contribution in [2.75, 3.05) is 0 Å². The molecular formula is C5H3F8N. The van der Waals surface area contributed by atoms with Crippen molar-refractivity contribution < 1.29 is 35.1 Å². The first-order chi connectivity index (χ1) is 5.90. The third-order valence-corrected chi connectivity index (χ3v) is 2.01. The van der Waals surface area contributed by atoms with Crippen molar-refractivity contribution in [3.8, 4) is 0 Å². The van der Waals surface area contributed by atoms with Gasteiger partial charge in [-0.05, 0) is 0 Å². The standard InChI is InChI=1S/C5H3F8N/c6-2(7)1(14)3(8,9)5(12,13)4(2,10)11/h1H,14H2. The van der Waals surface area contributed by atoms with Crippen LogP contribution in [0.3, 0.4) is 0 Å². The van der Waals surface area contributed by atoms with E-state index in [2.05, 4.69) is 5.73 Å². The molecule has 0 aliphatic heterocycles. The van der Waals surface area contributed by atoms with Crippen molar-refractivity contribution in [3.63, 3.8) is 0 Å². The minimum atomic E-state index is -6.15. The van der Waals surface area contributed by atoms with Crippen molar-refractivity contribution in [2.24, 2.45) is 5.73 Å². The minimum absolute atomic E-state index is 3.90. The van der Waals surface area contributed by atoms with Crippen LogP contribution in [0.25, 0.3) is 0 Å². The number of rotatable bonds is 0. The van der Waals surface area contributed by atoms with Gasteiger partial charge in [0.05, 0.1) is 0 Å². The predicted octanol–water partition coefficient (Wildman–Crippen LogP) is 1.87. The van der Waals surface area contributed by atoms with E-state index in [4.69, 9.17) is 0 Å². The molecule has 1 saturated carbocycles. The Balaban J connectivity index is 3.38. The second-order valence-electron chi connectivity index (χ2n) is 2.87. The Hall–Kier alpha value is -0.600. The summed E-state index contributed by atoms with van der Waals surface area (Å²) in [6.45, 7) is 0. The Bertz CT molecular complexity index is 232. The van der Waals surface area contributed by atoms with Crippen LogP contribution >= 0.6 is 0 Å². The highest BCUT2D eigenvalue weighted by Crippen LogP contribution is 2.62. The molecule has 0 unspecified atom stereocenters. The van der Waals surface area contributed by atoms with E-state index in [1.54, 1.807) is 0 Å². The summed E-state index contributed by atoms with van der Waals surface area (Å²) in [7, 11) is 0. The molecule has 1 aliphatic carbocycles. The quantitative estimate of drug-likeness (QED) is 0.630. The molecule has 0 spiro atoms.